The Hall–Kier alpha value is -1.39. The van der Waals surface area contributed by atoms with Crippen molar-refractivity contribution in [2.45, 2.75) is 32.9 Å². The van der Waals surface area contributed by atoms with Crippen molar-refractivity contribution >= 4 is 49.4 Å². The molecule has 1 atom stereocenters. The summed E-state index contributed by atoms with van der Waals surface area (Å²) in [4.78, 5) is 2.62. The first-order valence-corrected chi connectivity index (χ1v) is 9.47. The van der Waals surface area contributed by atoms with Gasteiger partial charge in [-0.1, -0.05) is 12.0 Å². The Balaban J connectivity index is 1.82. The zero-order valence-electron chi connectivity index (χ0n) is 12.5. The average molecular weight is 348 g/mol. The molecule has 3 aromatic rings. The highest BCUT2D eigenvalue weighted by molar-refractivity contribution is 7.24. The normalized spacial score (nSPS) is 12.1. The Morgan fingerprint density at radius 3 is 3.05 bits per heavy atom. The molecule has 0 aliphatic carbocycles. The number of hydrogen-bond donors (Lipinski definition) is 2. The molecular weight excluding hydrogens is 330 g/mol. The van der Waals surface area contributed by atoms with Crippen LogP contribution in [-0.2, 0) is 13.0 Å². The van der Waals surface area contributed by atoms with Gasteiger partial charge in [-0.05, 0) is 42.4 Å². The summed E-state index contributed by atoms with van der Waals surface area (Å²) in [7, 11) is 0. The quantitative estimate of drug-likeness (QED) is 0.679. The van der Waals surface area contributed by atoms with Crippen molar-refractivity contribution < 1.29 is 0 Å². The fraction of sp³-hybridized carbons (Fsp3) is 0.312. The second-order valence-electron chi connectivity index (χ2n) is 4.98. The monoisotopic (exact) mass is 347 g/mol. The predicted molar refractivity (Wildman–Crippen MR) is 99.0 cm³/mol. The summed E-state index contributed by atoms with van der Waals surface area (Å²) in [6.07, 6.45) is 0.794. The lowest BCUT2D eigenvalue weighted by Crippen LogP contribution is -2.20. The van der Waals surface area contributed by atoms with Crippen LogP contribution in [0.1, 0.15) is 22.2 Å². The number of nitrogens with zero attached hydrogens (tertiary/aromatic N) is 1. The topological polar surface area (TPSA) is 50.9 Å². The van der Waals surface area contributed by atoms with Crippen molar-refractivity contribution in [1.82, 2.24) is 4.37 Å². The molecule has 6 heteroatoms. The van der Waals surface area contributed by atoms with Crippen LogP contribution in [0.3, 0.4) is 0 Å². The summed E-state index contributed by atoms with van der Waals surface area (Å²) in [6, 6.07) is 4.12. The number of aryl methyl sites for hydroxylation is 1. The number of fused-ring (bicyclic) bond motifs is 1. The third-order valence-corrected chi connectivity index (χ3v) is 6.52. The van der Waals surface area contributed by atoms with Crippen LogP contribution in [0.5, 0.6) is 0 Å². The van der Waals surface area contributed by atoms with Gasteiger partial charge in [0.1, 0.15) is 10.5 Å². The molecule has 22 heavy (non-hydrogen) atoms. The zero-order chi connectivity index (χ0) is 15.5. The maximum atomic E-state index is 6.04. The highest BCUT2D eigenvalue weighted by Crippen LogP contribution is 2.39. The molecule has 0 aliphatic rings. The van der Waals surface area contributed by atoms with Gasteiger partial charge in [-0.15, -0.1) is 28.6 Å². The summed E-state index contributed by atoms with van der Waals surface area (Å²) in [5, 5.41) is 6.76. The Morgan fingerprint density at radius 2 is 2.32 bits per heavy atom. The van der Waals surface area contributed by atoms with Gasteiger partial charge in [0.2, 0.25) is 0 Å². The number of anilines is 1. The minimum atomic E-state index is -0.0994. The van der Waals surface area contributed by atoms with E-state index in [1.54, 1.807) is 22.7 Å². The summed E-state index contributed by atoms with van der Waals surface area (Å²) in [5.74, 6) is 5.91. The summed E-state index contributed by atoms with van der Waals surface area (Å²) in [5.41, 5.74) is 8.39. The fourth-order valence-corrected chi connectivity index (χ4v) is 5.16. The van der Waals surface area contributed by atoms with E-state index in [0.29, 0.717) is 0 Å². The highest BCUT2D eigenvalue weighted by atomic mass is 32.1. The Morgan fingerprint density at radius 1 is 1.45 bits per heavy atom. The molecule has 0 fully saturated rings. The van der Waals surface area contributed by atoms with Crippen molar-refractivity contribution in [2.75, 3.05) is 5.32 Å². The molecule has 3 nitrogen and oxygen atoms in total. The smallest absolute Gasteiger partial charge is 0.127 e. The standard InChI is InChI=1S/C16H17N3S3/c1-3-5-11(17)8-13-10(2)14-15(21-13)16(22-19-14)18-9-12-6-4-7-20-12/h4,6-7,11,18H,8-9,17H2,1-2H3. The molecule has 0 radical (unpaired) electrons. The van der Waals surface area contributed by atoms with Gasteiger partial charge >= 0.3 is 0 Å². The number of nitrogens with two attached hydrogens (primary N) is 1. The second-order valence-corrected chi connectivity index (χ2v) is 7.89. The van der Waals surface area contributed by atoms with E-state index < -0.39 is 0 Å². The van der Waals surface area contributed by atoms with Crippen LogP contribution in [0.15, 0.2) is 17.5 Å². The lowest BCUT2D eigenvalue weighted by molar-refractivity contribution is 0.843. The fourth-order valence-electron chi connectivity index (χ4n) is 2.27. The van der Waals surface area contributed by atoms with Gasteiger partial charge in [0.15, 0.2) is 0 Å². The maximum absolute atomic E-state index is 6.04. The van der Waals surface area contributed by atoms with Gasteiger partial charge in [-0.2, -0.15) is 4.37 Å². The molecule has 3 heterocycles. The first-order chi connectivity index (χ1) is 10.7. The molecule has 0 aromatic carbocycles. The number of aromatic nitrogens is 1. The third kappa shape index (κ3) is 3.18. The van der Waals surface area contributed by atoms with E-state index in [1.165, 1.54) is 31.6 Å². The maximum Gasteiger partial charge on any atom is 0.127 e. The lowest BCUT2D eigenvalue weighted by atomic mass is 10.1. The van der Waals surface area contributed by atoms with Gasteiger partial charge in [0.05, 0.1) is 17.3 Å². The molecular formula is C16H17N3S3. The van der Waals surface area contributed by atoms with Crippen LogP contribution in [0, 0.1) is 18.8 Å². The molecule has 1 unspecified atom stereocenters. The van der Waals surface area contributed by atoms with E-state index in [1.807, 2.05) is 6.92 Å². The van der Waals surface area contributed by atoms with E-state index >= 15 is 0 Å². The van der Waals surface area contributed by atoms with E-state index in [2.05, 4.69) is 46.0 Å². The van der Waals surface area contributed by atoms with E-state index in [4.69, 9.17) is 5.73 Å². The molecule has 3 aromatic heterocycles. The first-order valence-electron chi connectivity index (χ1n) is 7.00. The summed E-state index contributed by atoms with van der Waals surface area (Å²) in [6.45, 7) is 4.80. The van der Waals surface area contributed by atoms with Crippen molar-refractivity contribution in [1.29, 1.82) is 0 Å². The minimum Gasteiger partial charge on any atom is -0.370 e. The number of hydrogen-bond acceptors (Lipinski definition) is 6. The summed E-state index contributed by atoms with van der Waals surface area (Å²) >= 11 is 5.09. The van der Waals surface area contributed by atoms with Crippen LogP contribution < -0.4 is 11.1 Å². The van der Waals surface area contributed by atoms with Crippen molar-refractivity contribution in [3.8, 4) is 11.8 Å². The lowest BCUT2D eigenvalue weighted by Gasteiger charge is -2.03. The third-order valence-electron chi connectivity index (χ3n) is 3.39. The van der Waals surface area contributed by atoms with Gasteiger partial charge in [-0.25, -0.2) is 0 Å². The molecule has 0 amide bonds. The van der Waals surface area contributed by atoms with Crippen molar-refractivity contribution in [3.63, 3.8) is 0 Å². The average Bonchev–Trinajstić information content (AvgIpc) is 3.18. The van der Waals surface area contributed by atoms with E-state index in [0.717, 1.165) is 23.5 Å². The largest absolute Gasteiger partial charge is 0.370 e. The van der Waals surface area contributed by atoms with Crippen LogP contribution in [0.4, 0.5) is 5.00 Å². The van der Waals surface area contributed by atoms with Crippen LogP contribution in [0.2, 0.25) is 0 Å². The van der Waals surface area contributed by atoms with Crippen molar-refractivity contribution in [3.05, 3.63) is 32.8 Å². The SMILES string of the molecule is CC#CC(N)Cc1sc2c(NCc3cccs3)snc2c1C. The molecule has 3 N–H and O–H groups in total. The van der Waals surface area contributed by atoms with E-state index in [9.17, 15) is 0 Å². The summed E-state index contributed by atoms with van der Waals surface area (Å²) < 4.78 is 5.85. The van der Waals surface area contributed by atoms with Crippen LogP contribution in [-0.4, -0.2) is 10.4 Å². The molecule has 0 spiro atoms. The molecule has 114 valence electrons. The van der Waals surface area contributed by atoms with Gasteiger partial charge in [0, 0.05) is 16.2 Å². The Kier molecular flexibility index (Phi) is 4.79. The van der Waals surface area contributed by atoms with Crippen LogP contribution in [0.25, 0.3) is 10.2 Å². The molecule has 0 saturated carbocycles. The zero-order valence-corrected chi connectivity index (χ0v) is 14.9. The number of rotatable bonds is 5. The van der Waals surface area contributed by atoms with E-state index in [-0.39, 0.29) is 6.04 Å². The predicted octanol–water partition coefficient (Wildman–Crippen LogP) is 4.23. The Labute approximate surface area is 142 Å². The minimum absolute atomic E-state index is 0.0994. The Bertz CT molecular complexity index is 818. The van der Waals surface area contributed by atoms with Gasteiger partial charge < -0.3 is 11.1 Å². The molecule has 0 bridgehead atoms. The molecule has 3 rings (SSSR count). The second kappa shape index (κ2) is 6.80. The van der Waals surface area contributed by atoms with Crippen molar-refractivity contribution in [2.24, 2.45) is 5.73 Å². The van der Waals surface area contributed by atoms with Gasteiger partial charge in [0.25, 0.3) is 0 Å². The van der Waals surface area contributed by atoms with Crippen LogP contribution >= 0.6 is 34.2 Å². The molecule has 0 aliphatic heterocycles. The first kappa shape index (κ1) is 15.5. The number of thiophene rings is 2. The highest BCUT2D eigenvalue weighted by Gasteiger charge is 2.16. The van der Waals surface area contributed by atoms with Gasteiger partial charge in [-0.3, -0.25) is 0 Å². The molecule has 0 saturated heterocycles. The number of nitrogens with one attached hydrogen (secondary N) is 1.